The monoisotopic (exact) mass is 499 g/mol. The van der Waals surface area contributed by atoms with Gasteiger partial charge in [0.1, 0.15) is 18.0 Å². The first-order chi connectivity index (χ1) is 17.8. The van der Waals surface area contributed by atoms with E-state index in [-0.39, 0.29) is 13.2 Å². The minimum Gasteiger partial charge on any atom is -0.489 e. The maximum absolute atomic E-state index is 13.6. The van der Waals surface area contributed by atoms with Crippen molar-refractivity contribution < 1.29 is 23.7 Å². The lowest BCUT2D eigenvalue weighted by molar-refractivity contribution is -0.156. The topological polar surface area (TPSA) is 66.4 Å². The molecule has 0 radical (unpaired) electrons. The molecule has 3 aromatic carbocycles. The molecule has 1 aliphatic rings. The summed E-state index contributed by atoms with van der Waals surface area (Å²) in [7, 11) is 0. The second-order valence-electron chi connectivity index (χ2n) is 9.79. The van der Waals surface area contributed by atoms with Crippen LogP contribution in [0.4, 0.5) is 0 Å². The number of fused-ring (bicyclic) bond motifs is 1. The molecule has 6 nitrogen and oxygen atoms in total. The molecule has 37 heavy (non-hydrogen) atoms. The molecule has 0 unspecified atom stereocenters. The second-order valence-corrected chi connectivity index (χ2v) is 9.79. The number of rotatable bonds is 9. The van der Waals surface area contributed by atoms with E-state index in [0.29, 0.717) is 29.6 Å². The highest BCUT2D eigenvalue weighted by Crippen LogP contribution is 2.43. The van der Waals surface area contributed by atoms with Gasteiger partial charge in [0.25, 0.3) is 0 Å². The summed E-state index contributed by atoms with van der Waals surface area (Å²) in [4.78, 5) is 18.6. The van der Waals surface area contributed by atoms with Crippen LogP contribution in [-0.4, -0.2) is 36.7 Å². The van der Waals surface area contributed by atoms with Crippen molar-refractivity contribution in [3.63, 3.8) is 0 Å². The Kier molecular flexibility index (Phi) is 7.97. The number of ether oxygens (including phenoxy) is 4. The van der Waals surface area contributed by atoms with E-state index in [1.165, 1.54) is 0 Å². The standard InChI is InChI=1S/C31H33NO5/c1-6-17-34-28-21(2)29-26(35-20-36-29)19-24(28)18-25(30(33)37-31(3,4)5)32-27(22-13-9-7-10-14-22)23-15-11-8-12-16-23/h6-16,19,25H,1,17-18,20H2,2-5H3/t25-/m0/s1. The maximum atomic E-state index is 13.6. The van der Waals surface area contributed by atoms with Gasteiger partial charge in [-0.25, -0.2) is 4.79 Å². The van der Waals surface area contributed by atoms with Gasteiger partial charge in [0.05, 0.1) is 5.71 Å². The van der Waals surface area contributed by atoms with E-state index >= 15 is 0 Å². The Balaban J connectivity index is 1.83. The van der Waals surface area contributed by atoms with Crippen LogP contribution >= 0.6 is 0 Å². The summed E-state index contributed by atoms with van der Waals surface area (Å²) in [6, 6.07) is 20.7. The van der Waals surface area contributed by atoms with Gasteiger partial charge in [-0.3, -0.25) is 4.99 Å². The Morgan fingerprint density at radius 1 is 1.05 bits per heavy atom. The lowest BCUT2D eigenvalue weighted by Gasteiger charge is -2.24. The fraction of sp³-hybridized carbons (Fsp3) is 0.290. The molecule has 0 spiro atoms. The number of hydrogen-bond donors (Lipinski definition) is 0. The van der Waals surface area contributed by atoms with Crippen molar-refractivity contribution >= 4 is 11.7 Å². The van der Waals surface area contributed by atoms with Gasteiger partial charge in [-0.05, 0) is 33.8 Å². The largest absolute Gasteiger partial charge is 0.489 e. The molecule has 1 aliphatic heterocycles. The van der Waals surface area contributed by atoms with Gasteiger partial charge in [0, 0.05) is 28.7 Å². The van der Waals surface area contributed by atoms with Crippen molar-refractivity contribution in [3.8, 4) is 17.2 Å². The van der Waals surface area contributed by atoms with E-state index in [4.69, 9.17) is 23.9 Å². The maximum Gasteiger partial charge on any atom is 0.331 e. The van der Waals surface area contributed by atoms with E-state index in [0.717, 1.165) is 22.3 Å². The van der Waals surface area contributed by atoms with Crippen LogP contribution in [0.15, 0.2) is 84.4 Å². The Hall–Kier alpha value is -4.06. The smallest absolute Gasteiger partial charge is 0.331 e. The molecular weight excluding hydrogens is 466 g/mol. The van der Waals surface area contributed by atoms with Crippen LogP contribution in [0.25, 0.3) is 0 Å². The Bertz CT molecular complexity index is 1230. The first-order valence-electron chi connectivity index (χ1n) is 12.3. The van der Waals surface area contributed by atoms with Gasteiger partial charge in [-0.2, -0.15) is 0 Å². The highest BCUT2D eigenvalue weighted by Gasteiger charge is 2.30. The van der Waals surface area contributed by atoms with Gasteiger partial charge in [0.2, 0.25) is 6.79 Å². The van der Waals surface area contributed by atoms with Crippen LogP contribution in [0, 0.1) is 6.92 Å². The van der Waals surface area contributed by atoms with E-state index in [1.54, 1.807) is 6.08 Å². The van der Waals surface area contributed by atoms with Gasteiger partial charge in [-0.1, -0.05) is 73.3 Å². The fourth-order valence-corrected chi connectivity index (χ4v) is 4.17. The van der Waals surface area contributed by atoms with Crippen molar-refractivity contribution in [1.29, 1.82) is 0 Å². The second kappa shape index (κ2) is 11.3. The lowest BCUT2D eigenvalue weighted by Crippen LogP contribution is -2.33. The zero-order valence-electron chi connectivity index (χ0n) is 21.8. The summed E-state index contributed by atoms with van der Waals surface area (Å²) in [5.74, 6) is 1.49. The molecule has 0 fully saturated rings. The van der Waals surface area contributed by atoms with Gasteiger partial charge in [0.15, 0.2) is 17.5 Å². The van der Waals surface area contributed by atoms with E-state index in [9.17, 15) is 4.79 Å². The van der Waals surface area contributed by atoms with Crippen molar-refractivity contribution in [2.75, 3.05) is 13.4 Å². The third-order valence-electron chi connectivity index (χ3n) is 5.74. The average Bonchev–Trinajstić information content (AvgIpc) is 3.35. The third-order valence-corrected chi connectivity index (χ3v) is 5.74. The van der Waals surface area contributed by atoms with Crippen LogP contribution < -0.4 is 14.2 Å². The molecule has 0 saturated carbocycles. The van der Waals surface area contributed by atoms with E-state index in [1.807, 2.05) is 94.4 Å². The molecule has 4 rings (SSSR count). The van der Waals surface area contributed by atoms with Gasteiger partial charge in [-0.15, -0.1) is 0 Å². The number of nitrogens with zero attached hydrogens (tertiary/aromatic N) is 1. The Morgan fingerprint density at radius 3 is 2.24 bits per heavy atom. The Morgan fingerprint density at radius 2 is 1.68 bits per heavy atom. The molecule has 0 bridgehead atoms. The molecule has 1 atom stereocenters. The summed E-state index contributed by atoms with van der Waals surface area (Å²) in [6.45, 7) is 11.7. The molecule has 0 N–H and O–H groups in total. The highest BCUT2D eigenvalue weighted by molar-refractivity contribution is 6.13. The normalized spacial score (nSPS) is 13.0. The van der Waals surface area contributed by atoms with Crippen LogP contribution in [0.1, 0.15) is 43.0 Å². The van der Waals surface area contributed by atoms with Crippen molar-refractivity contribution in [3.05, 3.63) is 102 Å². The van der Waals surface area contributed by atoms with Crippen molar-refractivity contribution in [2.45, 2.75) is 45.8 Å². The van der Waals surface area contributed by atoms with Crippen molar-refractivity contribution in [2.24, 2.45) is 4.99 Å². The average molecular weight is 500 g/mol. The van der Waals surface area contributed by atoms with Crippen LogP contribution in [-0.2, 0) is 16.0 Å². The van der Waals surface area contributed by atoms with E-state index < -0.39 is 17.6 Å². The molecule has 192 valence electrons. The summed E-state index contributed by atoms with van der Waals surface area (Å²) < 4.78 is 23.2. The number of hydrogen-bond acceptors (Lipinski definition) is 6. The van der Waals surface area contributed by atoms with Crippen LogP contribution in [0.3, 0.4) is 0 Å². The molecule has 0 aromatic heterocycles. The molecular formula is C31H33NO5. The molecule has 1 heterocycles. The number of benzene rings is 3. The molecule has 6 heteroatoms. The fourth-order valence-electron chi connectivity index (χ4n) is 4.17. The summed E-state index contributed by atoms with van der Waals surface area (Å²) in [5.41, 5.74) is 3.45. The van der Waals surface area contributed by atoms with Gasteiger partial charge < -0.3 is 18.9 Å². The summed E-state index contributed by atoms with van der Waals surface area (Å²) in [5, 5.41) is 0. The van der Waals surface area contributed by atoms with E-state index in [2.05, 4.69) is 6.58 Å². The quantitative estimate of drug-likeness (QED) is 0.203. The molecule has 3 aromatic rings. The Labute approximate surface area is 218 Å². The zero-order valence-corrected chi connectivity index (χ0v) is 21.8. The van der Waals surface area contributed by atoms with Crippen LogP contribution in [0.2, 0.25) is 0 Å². The van der Waals surface area contributed by atoms with Crippen LogP contribution in [0.5, 0.6) is 17.2 Å². The minimum absolute atomic E-state index is 0.139. The van der Waals surface area contributed by atoms with Gasteiger partial charge >= 0.3 is 5.97 Å². The first kappa shape index (κ1) is 26.0. The lowest BCUT2D eigenvalue weighted by atomic mass is 9.98. The predicted octanol–water partition coefficient (Wildman–Crippen LogP) is 6.08. The molecule has 0 saturated heterocycles. The predicted molar refractivity (Wildman–Crippen MR) is 145 cm³/mol. The number of esters is 1. The SMILES string of the molecule is C=CCOc1c(C[C@H](N=C(c2ccccc2)c2ccccc2)C(=O)OC(C)(C)C)cc2c(c1C)OCO2. The molecule has 0 amide bonds. The number of carbonyl (C=O) groups is 1. The zero-order chi connectivity index (χ0) is 26.4. The van der Waals surface area contributed by atoms with Crippen molar-refractivity contribution in [1.82, 2.24) is 0 Å². The number of carbonyl (C=O) groups excluding carboxylic acids is 1. The third kappa shape index (κ3) is 6.39. The summed E-state index contributed by atoms with van der Waals surface area (Å²) >= 11 is 0. The molecule has 0 aliphatic carbocycles. The number of aliphatic imine (C=N–C) groups is 1. The minimum atomic E-state index is -0.833. The summed E-state index contributed by atoms with van der Waals surface area (Å²) in [6.07, 6.45) is 1.93. The highest BCUT2D eigenvalue weighted by atomic mass is 16.7. The first-order valence-corrected chi connectivity index (χ1v) is 12.3.